The Kier molecular flexibility index (Phi) is 6.55. The molecule has 1 aromatic heterocycles. The van der Waals surface area contributed by atoms with Gasteiger partial charge in [0.2, 0.25) is 5.88 Å². The highest BCUT2D eigenvalue weighted by molar-refractivity contribution is 5.95. The second-order valence-electron chi connectivity index (χ2n) is 6.43. The van der Waals surface area contributed by atoms with E-state index in [4.69, 9.17) is 9.47 Å². The molecular formula is C20H25N3O3. The van der Waals surface area contributed by atoms with Crippen LogP contribution in [-0.2, 0) is 4.74 Å². The fraction of sp³-hybridized carbons (Fsp3) is 0.450. The van der Waals surface area contributed by atoms with Crippen LogP contribution in [0.3, 0.4) is 0 Å². The first kappa shape index (κ1) is 18.3. The SMILES string of the molecule is COc1ccc(-c2cccc(C(=O)NCCCC[C@@H]3CCCO3)c2)nn1. The van der Waals surface area contributed by atoms with Gasteiger partial charge in [-0.2, -0.15) is 0 Å². The predicted octanol–water partition coefficient (Wildman–Crippen LogP) is 3.23. The minimum atomic E-state index is -0.0644. The molecule has 1 saturated heterocycles. The number of carbonyl (C=O) groups excluding carboxylic acids is 1. The molecule has 6 heteroatoms. The van der Waals surface area contributed by atoms with Crippen LogP contribution < -0.4 is 10.1 Å². The average Bonchev–Trinajstić information content (AvgIpc) is 3.21. The number of hydrogen-bond donors (Lipinski definition) is 1. The number of carbonyl (C=O) groups is 1. The first-order chi connectivity index (χ1) is 12.8. The van der Waals surface area contributed by atoms with Crippen LogP contribution in [0, 0.1) is 0 Å². The summed E-state index contributed by atoms with van der Waals surface area (Å²) < 4.78 is 10.6. The van der Waals surface area contributed by atoms with Gasteiger partial charge in [-0.15, -0.1) is 10.2 Å². The monoisotopic (exact) mass is 355 g/mol. The van der Waals surface area contributed by atoms with Crippen molar-refractivity contribution >= 4 is 5.91 Å². The number of ether oxygens (including phenoxy) is 2. The molecule has 1 aliphatic heterocycles. The number of methoxy groups -OCH3 is 1. The van der Waals surface area contributed by atoms with Crippen molar-refractivity contribution in [3.63, 3.8) is 0 Å². The maximum absolute atomic E-state index is 12.4. The molecule has 6 nitrogen and oxygen atoms in total. The van der Waals surface area contributed by atoms with Gasteiger partial charge in [-0.3, -0.25) is 4.79 Å². The second kappa shape index (κ2) is 9.29. The normalized spacial score (nSPS) is 16.4. The molecule has 0 spiro atoms. The molecule has 0 radical (unpaired) electrons. The summed E-state index contributed by atoms with van der Waals surface area (Å²) in [6.45, 7) is 1.58. The van der Waals surface area contributed by atoms with E-state index in [1.54, 1.807) is 13.2 Å². The van der Waals surface area contributed by atoms with Crippen LogP contribution in [0.2, 0.25) is 0 Å². The predicted molar refractivity (Wildman–Crippen MR) is 99.2 cm³/mol. The van der Waals surface area contributed by atoms with E-state index in [1.165, 1.54) is 12.8 Å². The molecule has 1 amide bonds. The van der Waals surface area contributed by atoms with E-state index in [-0.39, 0.29) is 5.91 Å². The van der Waals surface area contributed by atoms with E-state index in [2.05, 4.69) is 15.5 Å². The zero-order chi connectivity index (χ0) is 18.2. The number of amides is 1. The number of aromatic nitrogens is 2. The molecule has 2 aromatic rings. The highest BCUT2D eigenvalue weighted by atomic mass is 16.5. The van der Waals surface area contributed by atoms with Crippen LogP contribution in [0.4, 0.5) is 0 Å². The Labute approximate surface area is 153 Å². The van der Waals surface area contributed by atoms with Crippen molar-refractivity contribution < 1.29 is 14.3 Å². The Hall–Kier alpha value is -2.47. The molecule has 3 rings (SSSR count). The van der Waals surface area contributed by atoms with Gasteiger partial charge in [0.25, 0.3) is 5.91 Å². The van der Waals surface area contributed by atoms with Crippen molar-refractivity contribution in [3.05, 3.63) is 42.0 Å². The van der Waals surface area contributed by atoms with Gasteiger partial charge in [-0.05, 0) is 50.3 Å². The summed E-state index contributed by atoms with van der Waals surface area (Å²) in [7, 11) is 1.55. The Bertz CT molecular complexity index is 712. The second-order valence-corrected chi connectivity index (χ2v) is 6.43. The van der Waals surface area contributed by atoms with E-state index >= 15 is 0 Å². The Balaban J connectivity index is 1.49. The van der Waals surface area contributed by atoms with Crippen LogP contribution in [0.15, 0.2) is 36.4 Å². The summed E-state index contributed by atoms with van der Waals surface area (Å²) in [5.74, 6) is 0.399. The van der Waals surface area contributed by atoms with Crippen LogP contribution in [0.25, 0.3) is 11.3 Å². The van der Waals surface area contributed by atoms with E-state index < -0.39 is 0 Å². The molecule has 2 heterocycles. The summed E-state index contributed by atoms with van der Waals surface area (Å²) >= 11 is 0. The van der Waals surface area contributed by atoms with Gasteiger partial charge in [0, 0.05) is 30.3 Å². The Morgan fingerprint density at radius 3 is 2.92 bits per heavy atom. The lowest BCUT2D eigenvalue weighted by molar-refractivity contribution is 0.0947. The van der Waals surface area contributed by atoms with E-state index in [9.17, 15) is 4.79 Å². The van der Waals surface area contributed by atoms with Crippen LogP contribution in [0.1, 0.15) is 42.5 Å². The molecule has 138 valence electrons. The third-order valence-corrected chi connectivity index (χ3v) is 4.53. The highest BCUT2D eigenvalue weighted by Gasteiger charge is 2.14. The summed E-state index contributed by atoms with van der Waals surface area (Å²) in [5.41, 5.74) is 2.18. The van der Waals surface area contributed by atoms with Crippen LogP contribution in [-0.4, -0.2) is 42.5 Å². The molecule has 1 aliphatic rings. The first-order valence-electron chi connectivity index (χ1n) is 9.14. The zero-order valence-corrected chi connectivity index (χ0v) is 15.1. The molecular weight excluding hydrogens is 330 g/mol. The maximum atomic E-state index is 12.4. The Morgan fingerprint density at radius 1 is 1.27 bits per heavy atom. The summed E-state index contributed by atoms with van der Waals surface area (Å²) in [6.07, 6.45) is 5.90. The molecule has 0 bridgehead atoms. The van der Waals surface area contributed by atoms with Gasteiger partial charge in [-0.25, -0.2) is 0 Å². The van der Waals surface area contributed by atoms with Crippen LogP contribution in [0.5, 0.6) is 5.88 Å². The van der Waals surface area contributed by atoms with E-state index in [0.717, 1.165) is 31.4 Å². The third kappa shape index (κ3) is 5.02. The lowest BCUT2D eigenvalue weighted by Crippen LogP contribution is -2.24. The van der Waals surface area contributed by atoms with E-state index in [0.29, 0.717) is 29.8 Å². The van der Waals surface area contributed by atoms with Crippen molar-refractivity contribution in [2.24, 2.45) is 0 Å². The fourth-order valence-corrected chi connectivity index (χ4v) is 3.08. The lowest BCUT2D eigenvalue weighted by atomic mass is 10.1. The average molecular weight is 355 g/mol. The highest BCUT2D eigenvalue weighted by Crippen LogP contribution is 2.19. The van der Waals surface area contributed by atoms with Gasteiger partial charge in [-0.1, -0.05) is 12.1 Å². The lowest BCUT2D eigenvalue weighted by Gasteiger charge is -2.09. The molecule has 1 atom stereocenters. The number of benzene rings is 1. The first-order valence-corrected chi connectivity index (χ1v) is 9.14. The minimum absolute atomic E-state index is 0.0644. The molecule has 1 aromatic carbocycles. The van der Waals surface area contributed by atoms with Crippen molar-refractivity contribution in [2.75, 3.05) is 20.3 Å². The van der Waals surface area contributed by atoms with Crippen molar-refractivity contribution in [1.82, 2.24) is 15.5 Å². The molecule has 0 unspecified atom stereocenters. The zero-order valence-electron chi connectivity index (χ0n) is 15.1. The topological polar surface area (TPSA) is 73.3 Å². The molecule has 0 saturated carbocycles. The number of nitrogens with one attached hydrogen (secondary N) is 1. The molecule has 0 aliphatic carbocycles. The fourth-order valence-electron chi connectivity index (χ4n) is 3.08. The smallest absolute Gasteiger partial charge is 0.251 e. The largest absolute Gasteiger partial charge is 0.480 e. The Morgan fingerprint density at radius 2 is 2.19 bits per heavy atom. The van der Waals surface area contributed by atoms with Gasteiger partial charge in [0.1, 0.15) is 0 Å². The minimum Gasteiger partial charge on any atom is -0.480 e. The molecule has 1 fully saturated rings. The number of rotatable bonds is 8. The number of hydrogen-bond acceptors (Lipinski definition) is 5. The molecule has 26 heavy (non-hydrogen) atoms. The number of nitrogens with zero attached hydrogens (tertiary/aromatic N) is 2. The standard InChI is InChI=1S/C20H25N3O3/c1-25-19-11-10-18(22-23-19)15-6-4-7-16(14-15)20(24)21-12-3-2-8-17-9-5-13-26-17/h4,6-7,10-11,14,17H,2-3,5,8-9,12-13H2,1H3,(H,21,24)/t17-/m1/s1. The van der Waals surface area contributed by atoms with Crippen LogP contribution >= 0.6 is 0 Å². The number of unbranched alkanes of at least 4 members (excludes halogenated alkanes) is 1. The summed E-state index contributed by atoms with van der Waals surface area (Å²) in [4.78, 5) is 12.4. The van der Waals surface area contributed by atoms with Gasteiger partial charge < -0.3 is 14.8 Å². The van der Waals surface area contributed by atoms with Gasteiger partial charge in [0.05, 0.1) is 18.9 Å². The summed E-state index contributed by atoms with van der Waals surface area (Å²) in [6, 6.07) is 11.0. The van der Waals surface area contributed by atoms with Crippen molar-refractivity contribution in [3.8, 4) is 17.1 Å². The van der Waals surface area contributed by atoms with Gasteiger partial charge >= 0.3 is 0 Å². The van der Waals surface area contributed by atoms with Gasteiger partial charge in [0.15, 0.2) is 0 Å². The maximum Gasteiger partial charge on any atom is 0.251 e. The molecule has 1 N–H and O–H groups in total. The van der Waals surface area contributed by atoms with Crippen molar-refractivity contribution in [1.29, 1.82) is 0 Å². The van der Waals surface area contributed by atoms with E-state index in [1.807, 2.05) is 30.3 Å². The van der Waals surface area contributed by atoms with Crippen molar-refractivity contribution in [2.45, 2.75) is 38.2 Å². The quantitative estimate of drug-likeness (QED) is 0.736. The summed E-state index contributed by atoms with van der Waals surface area (Å²) in [5, 5.41) is 11.1. The third-order valence-electron chi connectivity index (χ3n) is 4.53.